The van der Waals surface area contributed by atoms with E-state index in [0.717, 1.165) is 47.6 Å². The molecule has 0 aliphatic heterocycles. The van der Waals surface area contributed by atoms with Crippen LogP contribution < -0.4 is 0 Å². The summed E-state index contributed by atoms with van der Waals surface area (Å²) in [4.78, 5) is 10.3. The summed E-state index contributed by atoms with van der Waals surface area (Å²) in [6.45, 7) is 0. The van der Waals surface area contributed by atoms with E-state index in [1.807, 2.05) is 18.2 Å². The molecule has 2 aliphatic carbocycles. The number of allylic oxidation sites excluding steroid dienone is 4. The van der Waals surface area contributed by atoms with Crippen molar-refractivity contribution in [2.75, 3.05) is 0 Å². The van der Waals surface area contributed by atoms with Crippen molar-refractivity contribution in [3.63, 3.8) is 0 Å². The first-order chi connectivity index (χ1) is 18.3. The van der Waals surface area contributed by atoms with Crippen LogP contribution in [0.2, 0.25) is 0 Å². The summed E-state index contributed by atoms with van der Waals surface area (Å²) in [5, 5.41) is 0. The monoisotopic (exact) mass is 474 g/mol. The van der Waals surface area contributed by atoms with Gasteiger partial charge >= 0.3 is 0 Å². The highest BCUT2D eigenvalue weighted by Gasteiger charge is 2.26. The van der Waals surface area contributed by atoms with Crippen molar-refractivity contribution in [1.29, 1.82) is 0 Å². The summed E-state index contributed by atoms with van der Waals surface area (Å²) < 4.78 is 0. The third kappa shape index (κ3) is 4.01. The molecule has 0 fully saturated rings. The Morgan fingerprint density at radius 3 is 1.95 bits per heavy atom. The highest BCUT2D eigenvalue weighted by Crippen LogP contribution is 2.42. The molecule has 5 aromatic rings. The average Bonchev–Trinajstić information content (AvgIpc) is 3.36. The Morgan fingerprint density at radius 2 is 1.22 bits per heavy atom. The molecule has 0 saturated heterocycles. The Bertz CT molecular complexity index is 1660. The van der Waals surface area contributed by atoms with Crippen LogP contribution >= 0.6 is 0 Å². The van der Waals surface area contributed by atoms with Crippen LogP contribution in [0.25, 0.3) is 50.6 Å². The second-order valence-electron chi connectivity index (χ2n) is 9.72. The van der Waals surface area contributed by atoms with Gasteiger partial charge in [0.25, 0.3) is 0 Å². The molecule has 2 nitrogen and oxygen atoms in total. The summed E-state index contributed by atoms with van der Waals surface area (Å²) in [6, 6.07) is 36.5. The van der Waals surface area contributed by atoms with Crippen LogP contribution in [0.1, 0.15) is 29.5 Å². The van der Waals surface area contributed by atoms with Crippen molar-refractivity contribution in [3.05, 3.63) is 138 Å². The van der Waals surface area contributed by atoms with Crippen molar-refractivity contribution in [2.45, 2.75) is 19.3 Å². The lowest BCUT2D eigenvalue weighted by Crippen LogP contribution is -1.99. The average molecular weight is 475 g/mol. The van der Waals surface area contributed by atoms with Crippen molar-refractivity contribution in [3.8, 4) is 45.0 Å². The predicted molar refractivity (Wildman–Crippen MR) is 153 cm³/mol. The number of hydrogen-bond acceptors (Lipinski definition) is 2. The van der Waals surface area contributed by atoms with Gasteiger partial charge < -0.3 is 0 Å². The molecule has 2 heteroatoms. The highest BCUT2D eigenvalue weighted by molar-refractivity contribution is 5.85. The van der Waals surface area contributed by atoms with Crippen LogP contribution in [0.3, 0.4) is 0 Å². The van der Waals surface area contributed by atoms with Crippen molar-refractivity contribution in [2.24, 2.45) is 0 Å². The van der Waals surface area contributed by atoms with Crippen molar-refractivity contribution in [1.82, 2.24) is 9.97 Å². The Balaban J connectivity index is 1.38. The molecule has 2 aliphatic rings. The van der Waals surface area contributed by atoms with Gasteiger partial charge in [-0.25, -0.2) is 9.97 Å². The maximum atomic E-state index is 5.15. The minimum atomic E-state index is 0.773. The lowest BCUT2D eigenvalue weighted by Gasteiger charge is -2.13. The second kappa shape index (κ2) is 9.15. The van der Waals surface area contributed by atoms with Gasteiger partial charge in [0.2, 0.25) is 0 Å². The van der Waals surface area contributed by atoms with Gasteiger partial charge in [0.05, 0.1) is 11.4 Å². The number of hydrogen-bond donors (Lipinski definition) is 0. The van der Waals surface area contributed by atoms with Crippen LogP contribution in [0.15, 0.2) is 121 Å². The Morgan fingerprint density at radius 1 is 0.541 bits per heavy atom. The number of nitrogens with zero attached hydrogens (tertiary/aromatic N) is 2. The Kier molecular flexibility index (Phi) is 5.36. The van der Waals surface area contributed by atoms with Gasteiger partial charge in [-0.2, -0.15) is 0 Å². The Hall–Kier alpha value is -4.56. The third-order valence-electron chi connectivity index (χ3n) is 7.37. The van der Waals surface area contributed by atoms with Crippen LogP contribution in [-0.2, 0) is 6.42 Å². The van der Waals surface area contributed by atoms with E-state index < -0.39 is 0 Å². The van der Waals surface area contributed by atoms with E-state index in [1.54, 1.807) is 0 Å². The largest absolute Gasteiger partial charge is 0.228 e. The third-order valence-corrected chi connectivity index (χ3v) is 7.37. The van der Waals surface area contributed by atoms with Gasteiger partial charge in [0.15, 0.2) is 5.82 Å². The zero-order valence-corrected chi connectivity index (χ0v) is 20.6. The lowest BCUT2D eigenvalue weighted by molar-refractivity contribution is 1.04. The smallest absolute Gasteiger partial charge is 0.160 e. The van der Waals surface area contributed by atoms with Gasteiger partial charge in [-0.15, -0.1) is 0 Å². The highest BCUT2D eigenvalue weighted by atomic mass is 14.9. The summed E-state index contributed by atoms with van der Waals surface area (Å²) in [6.07, 6.45) is 9.90. The number of rotatable bonds is 4. The van der Waals surface area contributed by atoms with Crippen molar-refractivity contribution < 1.29 is 0 Å². The van der Waals surface area contributed by atoms with Crippen molar-refractivity contribution >= 4 is 5.57 Å². The quantitative estimate of drug-likeness (QED) is 0.255. The fourth-order valence-electron chi connectivity index (χ4n) is 5.43. The van der Waals surface area contributed by atoms with E-state index in [1.165, 1.54) is 39.0 Å². The summed E-state index contributed by atoms with van der Waals surface area (Å²) in [5.74, 6) is 0.773. The van der Waals surface area contributed by atoms with E-state index in [4.69, 9.17) is 9.97 Å². The molecule has 1 aromatic heterocycles. The zero-order chi connectivity index (χ0) is 24.6. The van der Waals surface area contributed by atoms with E-state index in [2.05, 4.69) is 103 Å². The topological polar surface area (TPSA) is 25.8 Å². The Labute approximate surface area is 217 Å². The fraction of sp³-hybridized carbons (Fsp3) is 0.0857. The van der Waals surface area contributed by atoms with Gasteiger partial charge in [-0.05, 0) is 46.7 Å². The number of fused-ring (bicyclic) bond motifs is 3. The SMILES string of the molecule is C1=CC(c2ccc(-c3nc(-c4ccccc4)nc4c3Cc3ccc(-c5ccccc5)cc3-4)cc2)=CCC1. The first-order valence-corrected chi connectivity index (χ1v) is 13.0. The predicted octanol–water partition coefficient (Wildman–Crippen LogP) is 8.78. The minimum Gasteiger partial charge on any atom is -0.228 e. The molecule has 0 spiro atoms. The molecule has 0 atom stereocenters. The summed E-state index contributed by atoms with van der Waals surface area (Å²) >= 11 is 0. The summed E-state index contributed by atoms with van der Waals surface area (Å²) in [5.41, 5.74) is 13.0. The molecule has 1 heterocycles. The maximum Gasteiger partial charge on any atom is 0.160 e. The standard InChI is InChI=1S/C35H26N2/c1-4-10-24(11-5-1)26-16-18-27(19-17-26)33-32-23-30-21-20-29(25-12-6-2-7-13-25)22-31(30)34(32)37-35(36-33)28-14-8-3-9-15-28/h2-4,6-22H,1,5,23H2. The molecular formula is C35H26N2. The molecule has 176 valence electrons. The van der Waals surface area contributed by atoms with Crippen LogP contribution in [0.4, 0.5) is 0 Å². The van der Waals surface area contributed by atoms with E-state index in [9.17, 15) is 0 Å². The normalized spacial score (nSPS) is 13.7. The first-order valence-electron chi connectivity index (χ1n) is 13.0. The molecule has 0 unspecified atom stereocenters. The molecule has 37 heavy (non-hydrogen) atoms. The molecule has 0 amide bonds. The molecular weight excluding hydrogens is 448 g/mol. The van der Waals surface area contributed by atoms with E-state index in [-0.39, 0.29) is 0 Å². The van der Waals surface area contributed by atoms with E-state index >= 15 is 0 Å². The second-order valence-corrected chi connectivity index (χ2v) is 9.72. The molecule has 0 saturated carbocycles. The number of aromatic nitrogens is 2. The van der Waals surface area contributed by atoms with Gasteiger partial charge in [0.1, 0.15) is 0 Å². The zero-order valence-electron chi connectivity index (χ0n) is 20.6. The van der Waals surface area contributed by atoms with Crippen LogP contribution in [-0.4, -0.2) is 9.97 Å². The maximum absolute atomic E-state index is 5.15. The van der Waals surface area contributed by atoms with Crippen LogP contribution in [0, 0.1) is 0 Å². The minimum absolute atomic E-state index is 0.773. The first kappa shape index (κ1) is 21.7. The summed E-state index contributed by atoms with van der Waals surface area (Å²) in [7, 11) is 0. The molecule has 4 aromatic carbocycles. The lowest BCUT2D eigenvalue weighted by atomic mass is 9.97. The van der Waals surface area contributed by atoms with E-state index in [0.29, 0.717) is 0 Å². The molecule has 0 radical (unpaired) electrons. The van der Waals surface area contributed by atoms with Crippen LogP contribution in [0.5, 0.6) is 0 Å². The fourth-order valence-corrected chi connectivity index (χ4v) is 5.43. The molecule has 0 bridgehead atoms. The van der Waals surface area contributed by atoms with Gasteiger partial charge in [-0.3, -0.25) is 0 Å². The van der Waals surface area contributed by atoms with Gasteiger partial charge in [0, 0.05) is 28.7 Å². The molecule has 7 rings (SSSR count). The number of benzene rings is 4. The van der Waals surface area contributed by atoms with Gasteiger partial charge in [-0.1, -0.05) is 115 Å². The molecule has 0 N–H and O–H groups in total.